The molecule has 1 fully saturated rings. The molecular formula is C24H26N4O5S. The zero-order valence-electron chi connectivity index (χ0n) is 19.0. The summed E-state index contributed by atoms with van der Waals surface area (Å²) in [6.07, 6.45) is 7.25. The van der Waals surface area contributed by atoms with Crippen LogP contribution in [0, 0.1) is 0 Å². The van der Waals surface area contributed by atoms with E-state index in [9.17, 15) is 9.59 Å². The van der Waals surface area contributed by atoms with Gasteiger partial charge in [0.05, 0.1) is 31.9 Å². The Balaban J connectivity index is 1.32. The van der Waals surface area contributed by atoms with E-state index in [-0.39, 0.29) is 18.1 Å². The molecule has 5 rings (SSSR count). The standard InChI is InChI=1S/C24H26N4O5S/c1-31-19-12-16(6-7-18(19)33-14-21(29)27-8-10-32-11-9-27)13-26-28-15-25-23-22(24(28)30)17-4-2-3-5-20(17)34-23/h6-7,12-13,15H,2-5,8-11,14H2,1H3. The van der Waals surface area contributed by atoms with Crippen molar-refractivity contribution in [1.82, 2.24) is 14.6 Å². The van der Waals surface area contributed by atoms with E-state index in [1.54, 1.807) is 40.7 Å². The summed E-state index contributed by atoms with van der Waals surface area (Å²) < 4.78 is 17.7. The van der Waals surface area contributed by atoms with Gasteiger partial charge in [-0.1, -0.05) is 0 Å². The summed E-state index contributed by atoms with van der Waals surface area (Å²) in [7, 11) is 1.54. The predicted octanol–water partition coefficient (Wildman–Crippen LogP) is 2.47. The van der Waals surface area contributed by atoms with Gasteiger partial charge in [0.15, 0.2) is 18.1 Å². The number of thiophene rings is 1. The highest BCUT2D eigenvalue weighted by Crippen LogP contribution is 2.33. The zero-order chi connectivity index (χ0) is 23.5. The first-order valence-electron chi connectivity index (χ1n) is 11.4. The average Bonchev–Trinajstić information content (AvgIpc) is 3.27. The number of rotatable bonds is 6. The predicted molar refractivity (Wildman–Crippen MR) is 129 cm³/mol. The first kappa shape index (κ1) is 22.5. The number of aryl methyl sites for hydroxylation is 2. The summed E-state index contributed by atoms with van der Waals surface area (Å²) in [5.41, 5.74) is 1.72. The van der Waals surface area contributed by atoms with Crippen LogP contribution < -0.4 is 15.0 Å². The largest absolute Gasteiger partial charge is 0.493 e. The number of amides is 1. The molecule has 2 aliphatic rings. The van der Waals surface area contributed by atoms with E-state index in [1.165, 1.54) is 23.0 Å². The minimum Gasteiger partial charge on any atom is -0.493 e. The Kier molecular flexibility index (Phi) is 6.59. The van der Waals surface area contributed by atoms with E-state index >= 15 is 0 Å². The topological polar surface area (TPSA) is 95.2 Å². The van der Waals surface area contributed by atoms with Gasteiger partial charge in [-0.25, -0.2) is 4.98 Å². The molecule has 0 N–H and O–H groups in total. The van der Waals surface area contributed by atoms with Gasteiger partial charge in [0, 0.05) is 18.0 Å². The number of methoxy groups -OCH3 is 1. The third-order valence-electron chi connectivity index (χ3n) is 6.09. The third-order valence-corrected chi connectivity index (χ3v) is 7.29. The van der Waals surface area contributed by atoms with Crippen molar-refractivity contribution in [1.29, 1.82) is 0 Å². The fourth-order valence-electron chi connectivity index (χ4n) is 4.28. The number of hydrogen-bond acceptors (Lipinski definition) is 8. The maximum atomic E-state index is 13.1. The molecule has 0 unspecified atom stereocenters. The van der Waals surface area contributed by atoms with Crippen molar-refractivity contribution in [3.63, 3.8) is 0 Å². The van der Waals surface area contributed by atoms with Crippen molar-refractivity contribution in [2.24, 2.45) is 5.10 Å². The number of ether oxygens (including phenoxy) is 3. The molecule has 1 aliphatic carbocycles. The van der Waals surface area contributed by atoms with Crippen molar-refractivity contribution in [3.8, 4) is 11.5 Å². The van der Waals surface area contributed by atoms with Gasteiger partial charge < -0.3 is 19.1 Å². The molecule has 0 spiro atoms. The molecule has 3 aromatic rings. The lowest BCUT2D eigenvalue weighted by molar-refractivity contribution is -0.137. The SMILES string of the molecule is COc1cc(C=Nn2cnc3sc4c(c3c2=O)CCCC4)ccc1OCC(=O)N1CCOCC1. The second kappa shape index (κ2) is 9.94. The molecule has 3 heterocycles. The Hall–Kier alpha value is -3.24. The number of carbonyl (C=O) groups is 1. The normalized spacial score (nSPS) is 16.1. The van der Waals surface area contributed by atoms with Gasteiger partial charge in [-0.3, -0.25) is 9.59 Å². The number of benzene rings is 1. The molecule has 0 saturated carbocycles. The lowest BCUT2D eigenvalue weighted by Crippen LogP contribution is -2.43. The Bertz CT molecular complexity index is 1290. The van der Waals surface area contributed by atoms with Gasteiger partial charge in [0.1, 0.15) is 11.2 Å². The van der Waals surface area contributed by atoms with Crippen LogP contribution in [-0.2, 0) is 22.4 Å². The van der Waals surface area contributed by atoms with E-state index in [0.717, 1.165) is 41.6 Å². The molecule has 9 nitrogen and oxygen atoms in total. The van der Waals surface area contributed by atoms with Crippen molar-refractivity contribution < 1.29 is 19.0 Å². The van der Waals surface area contributed by atoms with Crippen LogP contribution in [0.15, 0.2) is 34.4 Å². The zero-order valence-corrected chi connectivity index (χ0v) is 19.8. The molecule has 178 valence electrons. The van der Waals surface area contributed by atoms with E-state index in [2.05, 4.69) is 10.1 Å². The second-order valence-corrected chi connectivity index (χ2v) is 9.31. The molecule has 0 atom stereocenters. The second-order valence-electron chi connectivity index (χ2n) is 8.22. The highest BCUT2D eigenvalue weighted by Gasteiger charge is 2.20. The molecule has 2 aromatic heterocycles. The highest BCUT2D eigenvalue weighted by molar-refractivity contribution is 7.18. The van der Waals surface area contributed by atoms with Crippen LogP contribution in [0.25, 0.3) is 10.2 Å². The summed E-state index contributed by atoms with van der Waals surface area (Å²) in [4.78, 5) is 33.7. The summed E-state index contributed by atoms with van der Waals surface area (Å²) in [6.45, 7) is 2.16. The lowest BCUT2D eigenvalue weighted by atomic mass is 9.97. The molecule has 0 radical (unpaired) electrons. The maximum absolute atomic E-state index is 13.1. The Morgan fingerprint density at radius 3 is 2.88 bits per heavy atom. The minimum absolute atomic E-state index is 0.0736. The number of nitrogens with zero attached hydrogens (tertiary/aromatic N) is 4. The first-order chi connectivity index (χ1) is 16.6. The maximum Gasteiger partial charge on any atom is 0.282 e. The number of carbonyl (C=O) groups excluding carboxylic acids is 1. The van der Waals surface area contributed by atoms with E-state index < -0.39 is 0 Å². The van der Waals surface area contributed by atoms with Gasteiger partial charge in [-0.2, -0.15) is 9.78 Å². The molecule has 10 heteroatoms. The van der Waals surface area contributed by atoms with Crippen molar-refractivity contribution in [3.05, 3.63) is 50.9 Å². The quantitative estimate of drug-likeness (QED) is 0.501. The van der Waals surface area contributed by atoms with E-state index in [0.29, 0.717) is 43.2 Å². The fraction of sp³-hybridized carbons (Fsp3) is 0.417. The van der Waals surface area contributed by atoms with Crippen molar-refractivity contribution >= 4 is 33.7 Å². The van der Waals surface area contributed by atoms with Crippen LogP contribution in [0.2, 0.25) is 0 Å². The third kappa shape index (κ3) is 4.55. The summed E-state index contributed by atoms with van der Waals surface area (Å²) in [5, 5.41) is 5.05. The lowest BCUT2D eigenvalue weighted by Gasteiger charge is -2.26. The smallest absolute Gasteiger partial charge is 0.282 e. The van der Waals surface area contributed by atoms with Crippen molar-refractivity contribution in [2.75, 3.05) is 40.0 Å². The van der Waals surface area contributed by atoms with Crippen LogP contribution in [0.3, 0.4) is 0 Å². The van der Waals surface area contributed by atoms with Crippen LogP contribution in [0.5, 0.6) is 11.5 Å². The molecule has 1 amide bonds. The van der Waals surface area contributed by atoms with Crippen LogP contribution in [0.1, 0.15) is 28.8 Å². The Labute approximate surface area is 200 Å². The van der Waals surface area contributed by atoms with Gasteiger partial charge in [0.2, 0.25) is 0 Å². The number of hydrogen-bond donors (Lipinski definition) is 0. The molecular weight excluding hydrogens is 456 g/mol. The number of fused-ring (bicyclic) bond motifs is 3. The number of morpholine rings is 1. The fourth-order valence-corrected chi connectivity index (χ4v) is 5.49. The summed E-state index contributed by atoms with van der Waals surface area (Å²) in [5.74, 6) is 0.854. The van der Waals surface area contributed by atoms with Gasteiger partial charge in [-0.15, -0.1) is 11.3 Å². The molecule has 0 bridgehead atoms. The first-order valence-corrected chi connectivity index (χ1v) is 12.2. The van der Waals surface area contributed by atoms with Gasteiger partial charge >= 0.3 is 0 Å². The molecule has 1 saturated heterocycles. The van der Waals surface area contributed by atoms with Crippen LogP contribution >= 0.6 is 11.3 Å². The monoisotopic (exact) mass is 482 g/mol. The Morgan fingerprint density at radius 1 is 1.24 bits per heavy atom. The highest BCUT2D eigenvalue weighted by atomic mass is 32.1. The summed E-state index contributed by atoms with van der Waals surface area (Å²) >= 11 is 1.62. The van der Waals surface area contributed by atoms with Gasteiger partial charge in [0.25, 0.3) is 11.5 Å². The van der Waals surface area contributed by atoms with E-state index in [1.807, 2.05) is 0 Å². The van der Waals surface area contributed by atoms with Crippen LogP contribution in [0.4, 0.5) is 0 Å². The molecule has 1 aromatic carbocycles. The minimum atomic E-state index is -0.144. The Morgan fingerprint density at radius 2 is 2.06 bits per heavy atom. The van der Waals surface area contributed by atoms with Crippen molar-refractivity contribution in [2.45, 2.75) is 25.7 Å². The van der Waals surface area contributed by atoms with Crippen LogP contribution in [-0.4, -0.2) is 66.7 Å². The van der Waals surface area contributed by atoms with E-state index in [4.69, 9.17) is 14.2 Å². The summed E-state index contributed by atoms with van der Waals surface area (Å²) in [6, 6.07) is 5.28. The molecule has 1 aliphatic heterocycles. The average molecular weight is 483 g/mol. The van der Waals surface area contributed by atoms with Gasteiger partial charge in [-0.05, 0) is 55.0 Å². The number of aromatic nitrogens is 2. The molecule has 34 heavy (non-hydrogen) atoms.